The van der Waals surface area contributed by atoms with Gasteiger partial charge in [-0.2, -0.15) is 0 Å². The monoisotopic (exact) mass is 243 g/mol. The average molecular weight is 243 g/mol. The number of nitrogens with two attached hydrogens (primary N) is 1. The topological polar surface area (TPSA) is 69.4 Å². The van der Waals surface area contributed by atoms with Gasteiger partial charge in [0, 0.05) is 12.5 Å². The molecule has 92 valence electrons. The first kappa shape index (κ1) is 12.1. The van der Waals surface area contributed by atoms with Crippen LogP contribution in [0.5, 0.6) is 0 Å². The standard InChI is InChI=1S/C14H13NO3/c1-9(16)18-13(14(15)17)12-7-6-10-4-2-3-5-11(10)8-12/h2-8,13H,1H3,(H2,15,17). The molecule has 0 aliphatic rings. The minimum atomic E-state index is -1.04. The number of esters is 1. The molecular weight excluding hydrogens is 230 g/mol. The van der Waals surface area contributed by atoms with Gasteiger partial charge in [-0.15, -0.1) is 0 Å². The van der Waals surface area contributed by atoms with E-state index in [9.17, 15) is 9.59 Å². The summed E-state index contributed by atoms with van der Waals surface area (Å²) in [6.07, 6.45) is -1.04. The summed E-state index contributed by atoms with van der Waals surface area (Å²) in [6, 6.07) is 13.1. The van der Waals surface area contributed by atoms with Crippen LogP contribution >= 0.6 is 0 Å². The molecule has 0 aliphatic carbocycles. The average Bonchev–Trinajstić information content (AvgIpc) is 2.35. The molecule has 1 atom stereocenters. The Labute approximate surface area is 104 Å². The molecule has 2 N–H and O–H groups in total. The van der Waals surface area contributed by atoms with E-state index in [4.69, 9.17) is 10.5 Å². The third-order valence-corrected chi connectivity index (χ3v) is 2.62. The zero-order valence-electron chi connectivity index (χ0n) is 9.92. The molecule has 4 heteroatoms. The van der Waals surface area contributed by atoms with Gasteiger partial charge in [0.05, 0.1) is 0 Å². The second-order valence-corrected chi connectivity index (χ2v) is 4.00. The molecule has 4 nitrogen and oxygen atoms in total. The number of carbonyl (C=O) groups is 2. The number of rotatable bonds is 3. The maximum absolute atomic E-state index is 11.3. The Morgan fingerprint density at radius 2 is 1.78 bits per heavy atom. The van der Waals surface area contributed by atoms with Gasteiger partial charge in [-0.05, 0) is 16.8 Å². The van der Waals surface area contributed by atoms with E-state index in [-0.39, 0.29) is 0 Å². The highest BCUT2D eigenvalue weighted by Gasteiger charge is 2.21. The van der Waals surface area contributed by atoms with Crippen molar-refractivity contribution >= 4 is 22.6 Å². The van der Waals surface area contributed by atoms with Crippen LogP contribution in [0.2, 0.25) is 0 Å². The van der Waals surface area contributed by atoms with Crippen molar-refractivity contribution in [1.29, 1.82) is 0 Å². The van der Waals surface area contributed by atoms with Crippen LogP contribution in [-0.4, -0.2) is 11.9 Å². The summed E-state index contributed by atoms with van der Waals surface area (Å²) < 4.78 is 4.93. The number of hydrogen-bond acceptors (Lipinski definition) is 3. The quantitative estimate of drug-likeness (QED) is 0.837. The van der Waals surface area contributed by atoms with E-state index >= 15 is 0 Å². The normalized spacial score (nSPS) is 12.1. The van der Waals surface area contributed by atoms with E-state index in [0.29, 0.717) is 5.56 Å². The van der Waals surface area contributed by atoms with Gasteiger partial charge >= 0.3 is 5.97 Å². The van der Waals surface area contributed by atoms with Crippen molar-refractivity contribution in [3.8, 4) is 0 Å². The lowest BCUT2D eigenvalue weighted by molar-refractivity contribution is -0.153. The molecule has 0 aromatic heterocycles. The molecule has 2 aromatic rings. The van der Waals surface area contributed by atoms with Crippen LogP contribution in [0, 0.1) is 0 Å². The van der Waals surface area contributed by atoms with Crippen LogP contribution in [0.25, 0.3) is 10.8 Å². The fourth-order valence-electron chi connectivity index (χ4n) is 1.83. The lowest BCUT2D eigenvalue weighted by Gasteiger charge is -2.14. The van der Waals surface area contributed by atoms with E-state index in [2.05, 4.69) is 0 Å². The first-order valence-electron chi connectivity index (χ1n) is 5.53. The summed E-state index contributed by atoms with van der Waals surface area (Å²) in [5.74, 6) is -1.22. The van der Waals surface area contributed by atoms with Crippen molar-refractivity contribution in [1.82, 2.24) is 0 Å². The number of carbonyl (C=O) groups excluding carboxylic acids is 2. The van der Waals surface area contributed by atoms with Crippen molar-refractivity contribution in [2.24, 2.45) is 5.73 Å². The largest absolute Gasteiger partial charge is 0.447 e. The zero-order chi connectivity index (χ0) is 13.1. The summed E-state index contributed by atoms with van der Waals surface area (Å²) in [5, 5.41) is 2.01. The Bertz CT molecular complexity index is 607. The van der Waals surface area contributed by atoms with E-state index < -0.39 is 18.0 Å². The van der Waals surface area contributed by atoms with Gasteiger partial charge in [0.15, 0.2) is 0 Å². The van der Waals surface area contributed by atoms with E-state index in [1.54, 1.807) is 12.1 Å². The van der Waals surface area contributed by atoms with E-state index in [1.165, 1.54) is 6.92 Å². The van der Waals surface area contributed by atoms with E-state index in [0.717, 1.165) is 10.8 Å². The number of benzene rings is 2. The SMILES string of the molecule is CC(=O)OC(C(N)=O)c1ccc2ccccc2c1. The molecule has 0 spiro atoms. The fraction of sp³-hybridized carbons (Fsp3) is 0.143. The number of fused-ring (bicyclic) bond motifs is 1. The van der Waals surface area contributed by atoms with Crippen LogP contribution in [0.1, 0.15) is 18.6 Å². The Morgan fingerprint density at radius 3 is 2.39 bits per heavy atom. The first-order valence-corrected chi connectivity index (χ1v) is 5.53. The highest BCUT2D eigenvalue weighted by molar-refractivity contribution is 5.87. The Balaban J connectivity index is 2.44. The molecule has 0 fully saturated rings. The minimum absolute atomic E-state index is 0.535. The summed E-state index contributed by atoms with van der Waals surface area (Å²) in [6.45, 7) is 1.25. The van der Waals surface area contributed by atoms with Gasteiger partial charge in [0.25, 0.3) is 5.91 Å². The van der Waals surface area contributed by atoms with Gasteiger partial charge < -0.3 is 10.5 Å². The van der Waals surface area contributed by atoms with Crippen LogP contribution in [0.3, 0.4) is 0 Å². The van der Waals surface area contributed by atoms with Crippen LogP contribution in [0.15, 0.2) is 42.5 Å². The maximum Gasteiger partial charge on any atom is 0.303 e. The number of amides is 1. The summed E-state index contributed by atoms with van der Waals surface area (Å²) >= 11 is 0. The molecule has 18 heavy (non-hydrogen) atoms. The lowest BCUT2D eigenvalue weighted by Crippen LogP contribution is -2.25. The number of primary amides is 1. The van der Waals surface area contributed by atoms with Crippen LogP contribution < -0.4 is 5.73 Å². The molecule has 2 rings (SSSR count). The van der Waals surface area contributed by atoms with Crippen LogP contribution in [0.4, 0.5) is 0 Å². The predicted octanol–water partition coefficient (Wildman–Crippen LogP) is 1.93. The molecule has 1 unspecified atom stereocenters. The smallest absolute Gasteiger partial charge is 0.303 e. The molecule has 0 saturated heterocycles. The Morgan fingerprint density at radius 1 is 1.11 bits per heavy atom. The second-order valence-electron chi connectivity index (χ2n) is 4.00. The molecular formula is C14H13NO3. The van der Waals surface area contributed by atoms with Gasteiger partial charge in [0.2, 0.25) is 6.10 Å². The summed E-state index contributed by atoms with van der Waals surface area (Å²) in [4.78, 5) is 22.3. The van der Waals surface area contributed by atoms with Crippen molar-refractivity contribution in [2.75, 3.05) is 0 Å². The van der Waals surface area contributed by atoms with Crippen molar-refractivity contribution in [3.63, 3.8) is 0 Å². The van der Waals surface area contributed by atoms with E-state index in [1.807, 2.05) is 30.3 Å². The second kappa shape index (κ2) is 4.87. The third-order valence-electron chi connectivity index (χ3n) is 2.62. The molecule has 2 aromatic carbocycles. The third kappa shape index (κ3) is 2.48. The Kier molecular flexibility index (Phi) is 3.28. The number of ether oxygens (including phenoxy) is 1. The molecule has 0 saturated carbocycles. The fourth-order valence-corrected chi connectivity index (χ4v) is 1.83. The summed E-state index contributed by atoms with van der Waals surface area (Å²) in [7, 11) is 0. The van der Waals surface area contributed by atoms with Gasteiger partial charge in [-0.25, -0.2) is 0 Å². The Hall–Kier alpha value is -2.36. The van der Waals surface area contributed by atoms with Crippen LogP contribution in [-0.2, 0) is 14.3 Å². The zero-order valence-corrected chi connectivity index (χ0v) is 9.92. The highest BCUT2D eigenvalue weighted by atomic mass is 16.5. The van der Waals surface area contributed by atoms with Gasteiger partial charge in [-0.3, -0.25) is 9.59 Å². The molecule has 0 aliphatic heterocycles. The van der Waals surface area contributed by atoms with Crippen molar-refractivity contribution in [3.05, 3.63) is 48.0 Å². The predicted molar refractivity (Wildman–Crippen MR) is 67.6 cm³/mol. The highest BCUT2D eigenvalue weighted by Crippen LogP contribution is 2.22. The van der Waals surface area contributed by atoms with Crippen molar-refractivity contribution < 1.29 is 14.3 Å². The lowest BCUT2D eigenvalue weighted by atomic mass is 10.0. The minimum Gasteiger partial charge on any atom is -0.447 e. The van der Waals surface area contributed by atoms with Gasteiger partial charge in [-0.1, -0.05) is 36.4 Å². The number of hydrogen-bond donors (Lipinski definition) is 1. The van der Waals surface area contributed by atoms with Crippen molar-refractivity contribution in [2.45, 2.75) is 13.0 Å². The first-order chi connectivity index (χ1) is 8.58. The maximum atomic E-state index is 11.3. The van der Waals surface area contributed by atoms with Gasteiger partial charge in [0.1, 0.15) is 0 Å². The molecule has 0 heterocycles. The molecule has 1 amide bonds. The summed E-state index contributed by atoms with van der Waals surface area (Å²) in [5.41, 5.74) is 5.82. The molecule has 0 bridgehead atoms. The molecule has 0 radical (unpaired) electrons.